The largest absolute Gasteiger partial charge is 0.338 e. The summed E-state index contributed by atoms with van der Waals surface area (Å²) in [6.45, 7) is 20.5. The van der Waals surface area contributed by atoms with E-state index in [-0.39, 0.29) is 0 Å². The number of nitrogens with zero attached hydrogens (tertiary/aromatic N) is 2. The summed E-state index contributed by atoms with van der Waals surface area (Å²) in [5, 5.41) is 6.25. The van der Waals surface area contributed by atoms with Crippen LogP contribution in [0.1, 0.15) is 90.6 Å². The van der Waals surface area contributed by atoms with Crippen LogP contribution in [-0.2, 0) is 12.8 Å². The van der Waals surface area contributed by atoms with Gasteiger partial charge in [0, 0.05) is 34.7 Å². The van der Waals surface area contributed by atoms with Gasteiger partial charge >= 0.3 is 0 Å². The summed E-state index contributed by atoms with van der Waals surface area (Å²) in [5.74, 6) is 0. The van der Waals surface area contributed by atoms with Crippen LogP contribution in [-0.4, -0.2) is 11.1 Å². The maximum absolute atomic E-state index is 3.46. The number of hydrogen-bond acceptors (Lipinski definition) is 1. The highest BCUT2D eigenvalue weighted by Crippen LogP contribution is 2.38. The van der Waals surface area contributed by atoms with E-state index < -0.39 is 0 Å². The van der Waals surface area contributed by atoms with Crippen LogP contribution in [0.5, 0.6) is 0 Å². The molecule has 10 aromatic rings. The lowest BCUT2D eigenvalue weighted by molar-refractivity contribution is 0.951. The van der Waals surface area contributed by atoms with Gasteiger partial charge in [0.25, 0.3) is 0 Å². The van der Waals surface area contributed by atoms with Gasteiger partial charge in [0.1, 0.15) is 0 Å². The molecule has 0 spiro atoms. The number of fused-ring (bicyclic) bond motifs is 3. The molecule has 1 aliphatic rings. The predicted octanol–water partition coefficient (Wildman–Crippen LogP) is 23.7. The average molecular weight is 1090 g/mol. The van der Waals surface area contributed by atoms with E-state index in [1.807, 2.05) is 72.8 Å². The van der Waals surface area contributed by atoms with Gasteiger partial charge in [0.15, 0.2) is 0 Å². The van der Waals surface area contributed by atoms with Crippen molar-refractivity contribution in [3.05, 3.63) is 308 Å². The summed E-state index contributed by atoms with van der Waals surface area (Å²) in [4.78, 5) is 2.37. The molecule has 9 aromatic carbocycles. The zero-order chi connectivity index (χ0) is 58.6. The van der Waals surface area contributed by atoms with Crippen LogP contribution in [0.4, 0.5) is 11.4 Å². The number of para-hydroxylation sites is 2. The minimum Gasteiger partial charge on any atom is -0.338 e. The van der Waals surface area contributed by atoms with E-state index in [9.17, 15) is 0 Å². The molecule has 1 heterocycles. The van der Waals surface area contributed by atoms with Gasteiger partial charge in [-0.3, -0.25) is 0 Å². The van der Waals surface area contributed by atoms with Gasteiger partial charge < -0.3 is 9.47 Å². The zero-order valence-electron chi connectivity index (χ0n) is 50.3. The molecule has 1 aromatic heterocycles. The summed E-state index contributed by atoms with van der Waals surface area (Å²) in [7, 11) is 0. The normalized spacial score (nSPS) is 12.7. The first-order valence-electron chi connectivity index (χ1n) is 29.9. The summed E-state index contributed by atoms with van der Waals surface area (Å²) in [6.07, 6.45) is 34.0. The first-order valence-corrected chi connectivity index (χ1v) is 29.9. The van der Waals surface area contributed by atoms with E-state index in [0.717, 1.165) is 32.2 Å². The number of allylic oxidation sites excluding steroid dienone is 12. The minimum atomic E-state index is 0.788. The molecule has 11 rings (SSSR count). The molecule has 0 radical (unpaired) electrons. The van der Waals surface area contributed by atoms with E-state index in [0.29, 0.717) is 0 Å². The zero-order valence-corrected chi connectivity index (χ0v) is 50.3. The fourth-order valence-corrected chi connectivity index (χ4v) is 10.3. The lowest BCUT2D eigenvalue weighted by atomic mass is 9.90. The Morgan fingerprint density at radius 3 is 1.54 bits per heavy atom. The molecule has 83 heavy (non-hydrogen) atoms. The fraction of sp³-hybridized carbons (Fsp3) is 0.160. The van der Waals surface area contributed by atoms with Crippen LogP contribution < -0.4 is 4.90 Å². The van der Waals surface area contributed by atoms with Crippen molar-refractivity contribution in [2.75, 3.05) is 11.4 Å². The van der Waals surface area contributed by atoms with E-state index in [2.05, 4.69) is 284 Å². The smallest absolute Gasteiger partial charge is 0.0540 e. The van der Waals surface area contributed by atoms with Crippen LogP contribution in [0, 0.1) is 0 Å². The Morgan fingerprint density at radius 1 is 0.482 bits per heavy atom. The molecule has 0 N–H and O–H groups in total. The van der Waals surface area contributed by atoms with Crippen LogP contribution in [0.2, 0.25) is 0 Å². The Morgan fingerprint density at radius 2 is 0.988 bits per heavy atom. The van der Waals surface area contributed by atoms with E-state index in [1.165, 1.54) is 105 Å². The highest BCUT2D eigenvalue weighted by atomic mass is 15.1. The second kappa shape index (κ2) is 32.9. The summed E-state index contributed by atoms with van der Waals surface area (Å²) < 4.78 is 2.53. The van der Waals surface area contributed by atoms with Gasteiger partial charge in [0.05, 0.1) is 5.52 Å². The molecule has 2 heteroatoms. The SMILES string of the molecule is C/C=C\C.C=C/C=C\C.CC.CC.CCc1c(C/C=C\CN(c2ccccc2)c2ccccc2)c2ccc(/C=C/c3ccc4cc(-c5ccc6cc(-c7ccccc7)c(-c7ccccc7)cc6c5)ccc4c3)cc2n1C1=CC/C=C\C/C=C\1. The summed E-state index contributed by atoms with van der Waals surface area (Å²) >= 11 is 0. The average Bonchev–Trinajstić information content (AvgIpc) is 3.40. The second-order valence-electron chi connectivity index (χ2n) is 19.6. The highest BCUT2D eigenvalue weighted by molar-refractivity contribution is 5.99. The van der Waals surface area contributed by atoms with E-state index >= 15 is 0 Å². The molecule has 0 unspecified atom stereocenters. The number of hydrogen-bond donors (Lipinski definition) is 0. The lowest BCUT2D eigenvalue weighted by Crippen LogP contribution is -2.16. The lowest BCUT2D eigenvalue weighted by Gasteiger charge is -2.23. The van der Waals surface area contributed by atoms with Gasteiger partial charge in [-0.1, -0.05) is 266 Å². The van der Waals surface area contributed by atoms with E-state index in [1.54, 1.807) is 6.08 Å². The molecule has 0 aliphatic heterocycles. The number of aromatic nitrogens is 1. The van der Waals surface area contributed by atoms with Gasteiger partial charge in [0.2, 0.25) is 0 Å². The molecule has 1 aliphatic carbocycles. The quantitative estimate of drug-likeness (QED) is 0.0599. The van der Waals surface area contributed by atoms with E-state index in [4.69, 9.17) is 0 Å². The Kier molecular flexibility index (Phi) is 24.3. The Balaban J connectivity index is 0.000000697. The second-order valence-corrected chi connectivity index (χ2v) is 19.6. The van der Waals surface area contributed by atoms with Crippen molar-refractivity contribution >= 4 is 61.7 Å². The van der Waals surface area contributed by atoms with Crippen LogP contribution in [0.15, 0.2) is 286 Å². The number of anilines is 2. The third-order valence-corrected chi connectivity index (χ3v) is 14.4. The highest BCUT2D eigenvalue weighted by Gasteiger charge is 2.18. The maximum atomic E-state index is 3.46. The van der Waals surface area contributed by atoms with Gasteiger partial charge in [-0.15, -0.1) is 0 Å². The Bertz CT molecular complexity index is 3800. The first kappa shape index (κ1) is 61.4. The van der Waals surface area contributed by atoms with Crippen molar-refractivity contribution in [1.29, 1.82) is 0 Å². The van der Waals surface area contributed by atoms with Crippen molar-refractivity contribution in [2.24, 2.45) is 0 Å². The predicted molar refractivity (Wildman–Crippen MR) is 371 cm³/mol. The standard InChI is InChI=1S/C68H56N2.C5H8.C4H8.2C2H6/c1-2-67-63(32-20-21-43-69(60-26-16-8-17-27-60)61-28-18-9-19-29-61)64-42-36-51(45-68(64)70(67)62-30-14-4-3-5-15-31-62)34-33-50-35-37-55-46-56(39-38-54(55)44-50)57-40-41-58-48-65(52-22-10-6-11-23-52)66(49-59(58)47-57)53-24-12-7-13-25-53;1-3-5-4-2;1-3-4-2;2*1-2/h3-4,6-13,15-31,33-42,44-49H,2,5,14,32,43H2,1H3;3-5H,1H2,2H3;3-4H,1-2H3;2*1-2H3/b4-3-,21-20-,31-15-,34-33+,62-30?;5-4-;4-3-;;. The van der Waals surface area contributed by atoms with Crippen LogP contribution in [0.3, 0.4) is 0 Å². The molecule has 2 nitrogen and oxygen atoms in total. The Labute approximate surface area is 497 Å². The minimum absolute atomic E-state index is 0.788. The third-order valence-electron chi connectivity index (χ3n) is 14.4. The van der Waals surface area contributed by atoms with Gasteiger partial charge in [-0.25, -0.2) is 0 Å². The van der Waals surface area contributed by atoms with Crippen LogP contribution >= 0.6 is 0 Å². The van der Waals surface area contributed by atoms with Crippen LogP contribution in [0.25, 0.3) is 83.7 Å². The summed E-state index contributed by atoms with van der Waals surface area (Å²) in [5.41, 5.74) is 17.4. The number of benzene rings is 9. The summed E-state index contributed by atoms with van der Waals surface area (Å²) in [6, 6.07) is 75.1. The molecule has 0 atom stereocenters. The topological polar surface area (TPSA) is 8.17 Å². The van der Waals surface area contributed by atoms with Crippen molar-refractivity contribution < 1.29 is 0 Å². The molecular weight excluding hydrogens is 1000 g/mol. The van der Waals surface area contributed by atoms with Gasteiger partial charge in [-0.2, -0.15) is 0 Å². The monoisotopic (exact) mass is 1080 g/mol. The molecule has 0 saturated heterocycles. The molecule has 0 amide bonds. The Hall–Kier alpha value is -9.24. The van der Waals surface area contributed by atoms with Crippen molar-refractivity contribution in [3.63, 3.8) is 0 Å². The van der Waals surface area contributed by atoms with Gasteiger partial charge in [-0.05, 0) is 185 Å². The molecule has 0 fully saturated rings. The molecule has 0 saturated carbocycles. The van der Waals surface area contributed by atoms with Crippen molar-refractivity contribution in [3.8, 4) is 33.4 Å². The fourth-order valence-electron chi connectivity index (χ4n) is 10.3. The maximum Gasteiger partial charge on any atom is 0.0540 e. The third kappa shape index (κ3) is 16.2. The molecular formula is C81H84N2. The molecule has 0 bridgehead atoms. The molecule has 418 valence electrons. The van der Waals surface area contributed by atoms with Crippen molar-refractivity contribution in [2.45, 2.75) is 81.1 Å². The number of rotatable bonds is 14. The van der Waals surface area contributed by atoms with Crippen molar-refractivity contribution in [1.82, 2.24) is 4.57 Å². The first-order chi connectivity index (χ1) is 41.0.